The van der Waals surface area contributed by atoms with Crippen molar-refractivity contribution in [3.63, 3.8) is 0 Å². The first-order valence-corrected chi connectivity index (χ1v) is 5.94. The van der Waals surface area contributed by atoms with Crippen molar-refractivity contribution < 1.29 is 9.63 Å². The van der Waals surface area contributed by atoms with Gasteiger partial charge in [-0.3, -0.25) is 19.0 Å². The van der Waals surface area contributed by atoms with Crippen LogP contribution in [0.2, 0.25) is 0 Å². The lowest BCUT2D eigenvalue weighted by Crippen LogP contribution is -2.32. The molecule has 0 radical (unpaired) electrons. The summed E-state index contributed by atoms with van der Waals surface area (Å²) in [7, 11) is 0. The number of carbonyl (C=O) groups excluding carboxylic acids is 1. The third-order valence-corrected chi connectivity index (χ3v) is 2.76. The molecule has 1 N–H and O–H groups in total. The Hall–Kier alpha value is -1.14. The fourth-order valence-electron chi connectivity index (χ4n) is 1.06. The maximum absolute atomic E-state index is 11.4. The van der Waals surface area contributed by atoms with E-state index in [1.165, 1.54) is 4.57 Å². The standard InChI is InChI=1S/C10H16N2O3S/c1-7(2)5-15-11-9(13)4-12-8(3)6-16-10(12)14/h6-7H,4-5H2,1-3H3,(H,11,13). The monoisotopic (exact) mass is 244 g/mol. The second-order valence-corrected chi connectivity index (χ2v) is 4.78. The van der Waals surface area contributed by atoms with Crippen LogP contribution in [-0.2, 0) is 16.2 Å². The van der Waals surface area contributed by atoms with Gasteiger partial charge in [0.15, 0.2) is 0 Å². The molecule has 0 spiro atoms. The van der Waals surface area contributed by atoms with E-state index in [-0.39, 0.29) is 17.3 Å². The lowest BCUT2D eigenvalue weighted by Gasteiger charge is -2.08. The van der Waals surface area contributed by atoms with Crippen molar-refractivity contribution in [1.29, 1.82) is 0 Å². The molecule has 16 heavy (non-hydrogen) atoms. The van der Waals surface area contributed by atoms with Gasteiger partial charge in [0, 0.05) is 11.1 Å². The number of nitrogens with zero attached hydrogens (tertiary/aromatic N) is 1. The Balaban J connectivity index is 2.43. The van der Waals surface area contributed by atoms with Gasteiger partial charge in [-0.2, -0.15) is 0 Å². The Morgan fingerprint density at radius 1 is 1.62 bits per heavy atom. The largest absolute Gasteiger partial charge is 0.307 e. The summed E-state index contributed by atoms with van der Waals surface area (Å²) in [5.74, 6) is 0.0372. The second-order valence-electron chi connectivity index (χ2n) is 3.96. The van der Waals surface area contributed by atoms with E-state index < -0.39 is 0 Å². The Bertz CT molecular complexity index is 408. The lowest BCUT2D eigenvalue weighted by molar-refractivity contribution is -0.135. The minimum absolute atomic E-state index is 0.00621. The van der Waals surface area contributed by atoms with Crippen LogP contribution in [-0.4, -0.2) is 17.1 Å². The molecule has 0 aliphatic carbocycles. The molecule has 0 saturated carbocycles. The summed E-state index contributed by atoms with van der Waals surface area (Å²) in [4.78, 5) is 27.6. The van der Waals surface area contributed by atoms with Crippen LogP contribution >= 0.6 is 11.3 Å². The van der Waals surface area contributed by atoms with Gasteiger partial charge in [0.05, 0.1) is 6.61 Å². The van der Waals surface area contributed by atoms with Gasteiger partial charge in [-0.1, -0.05) is 25.2 Å². The molecule has 1 rings (SSSR count). The average Bonchev–Trinajstić information content (AvgIpc) is 2.49. The Kier molecular flexibility index (Phi) is 4.70. The van der Waals surface area contributed by atoms with Crippen LogP contribution in [0.15, 0.2) is 10.2 Å². The average molecular weight is 244 g/mol. The third-order valence-electron chi connectivity index (χ3n) is 1.88. The Morgan fingerprint density at radius 2 is 2.31 bits per heavy atom. The third kappa shape index (κ3) is 3.79. The number of thiazole rings is 1. The SMILES string of the molecule is Cc1csc(=O)n1CC(=O)NOCC(C)C. The molecule has 0 saturated heterocycles. The van der Waals surface area contributed by atoms with E-state index in [1.54, 1.807) is 12.3 Å². The Morgan fingerprint density at radius 3 is 2.81 bits per heavy atom. The molecule has 0 bridgehead atoms. The van der Waals surface area contributed by atoms with E-state index >= 15 is 0 Å². The summed E-state index contributed by atoms with van der Waals surface area (Å²) in [6, 6.07) is 0. The maximum atomic E-state index is 11.4. The summed E-state index contributed by atoms with van der Waals surface area (Å²) in [6.07, 6.45) is 0. The molecule has 0 unspecified atom stereocenters. The van der Waals surface area contributed by atoms with Crippen molar-refractivity contribution in [2.24, 2.45) is 5.92 Å². The number of aromatic nitrogens is 1. The molecular formula is C10H16N2O3S. The number of amides is 1. The molecule has 1 aromatic heterocycles. The van der Waals surface area contributed by atoms with E-state index in [0.29, 0.717) is 12.5 Å². The molecule has 1 heterocycles. The summed E-state index contributed by atoms with van der Waals surface area (Å²) in [6.45, 7) is 6.23. The molecule has 1 aromatic rings. The minimum atomic E-state index is -0.316. The quantitative estimate of drug-likeness (QED) is 0.784. The zero-order valence-electron chi connectivity index (χ0n) is 9.65. The number of hydrogen-bond acceptors (Lipinski definition) is 4. The van der Waals surface area contributed by atoms with Crippen molar-refractivity contribution in [3.8, 4) is 0 Å². The van der Waals surface area contributed by atoms with Gasteiger partial charge in [-0.25, -0.2) is 5.48 Å². The van der Waals surface area contributed by atoms with Crippen LogP contribution in [0.5, 0.6) is 0 Å². The van der Waals surface area contributed by atoms with Gasteiger partial charge in [-0.15, -0.1) is 0 Å². The highest BCUT2D eigenvalue weighted by Gasteiger charge is 2.08. The van der Waals surface area contributed by atoms with E-state index in [9.17, 15) is 9.59 Å². The van der Waals surface area contributed by atoms with E-state index in [4.69, 9.17) is 4.84 Å². The van der Waals surface area contributed by atoms with E-state index in [0.717, 1.165) is 17.0 Å². The predicted octanol–water partition coefficient (Wildman–Crippen LogP) is 0.922. The summed E-state index contributed by atoms with van der Waals surface area (Å²) in [5, 5.41) is 1.73. The fourth-order valence-corrected chi connectivity index (χ4v) is 1.80. The number of hydroxylamine groups is 1. The smallest absolute Gasteiger partial charge is 0.294 e. The fraction of sp³-hybridized carbons (Fsp3) is 0.600. The molecule has 0 atom stereocenters. The van der Waals surface area contributed by atoms with Gasteiger partial charge < -0.3 is 0 Å². The van der Waals surface area contributed by atoms with Crippen LogP contribution in [0.4, 0.5) is 0 Å². The second kappa shape index (κ2) is 5.81. The molecule has 6 heteroatoms. The zero-order chi connectivity index (χ0) is 12.1. The first-order valence-electron chi connectivity index (χ1n) is 5.06. The summed E-state index contributed by atoms with van der Waals surface area (Å²) >= 11 is 1.09. The van der Waals surface area contributed by atoms with Crippen LogP contribution in [0.3, 0.4) is 0 Å². The zero-order valence-corrected chi connectivity index (χ0v) is 10.5. The normalized spacial score (nSPS) is 10.8. The van der Waals surface area contributed by atoms with Gasteiger partial charge in [-0.05, 0) is 12.8 Å². The molecular weight excluding hydrogens is 228 g/mol. The molecule has 1 amide bonds. The van der Waals surface area contributed by atoms with E-state index in [2.05, 4.69) is 5.48 Å². The van der Waals surface area contributed by atoms with Gasteiger partial charge in [0.25, 0.3) is 5.91 Å². The molecule has 5 nitrogen and oxygen atoms in total. The highest BCUT2D eigenvalue weighted by molar-refractivity contribution is 7.07. The molecule has 90 valence electrons. The highest BCUT2D eigenvalue weighted by atomic mass is 32.1. The Labute approximate surface area is 98.0 Å². The molecule has 0 aliphatic heterocycles. The lowest BCUT2D eigenvalue weighted by atomic mass is 10.2. The van der Waals surface area contributed by atoms with Crippen LogP contribution < -0.4 is 10.4 Å². The highest BCUT2D eigenvalue weighted by Crippen LogP contribution is 1.98. The summed E-state index contributed by atoms with van der Waals surface area (Å²) < 4.78 is 1.42. The predicted molar refractivity (Wildman–Crippen MR) is 62.2 cm³/mol. The van der Waals surface area contributed by atoms with Crippen LogP contribution in [0.1, 0.15) is 19.5 Å². The number of carbonyl (C=O) groups is 1. The maximum Gasteiger partial charge on any atom is 0.307 e. The van der Waals surface area contributed by atoms with Crippen molar-refractivity contribution in [3.05, 3.63) is 20.7 Å². The topological polar surface area (TPSA) is 60.3 Å². The van der Waals surface area contributed by atoms with Gasteiger partial charge in [0.2, 0.25) is 0 Å². The summed E-state index contributed by atoms with van der Waals surface area (Å²) in [5.41, 5.74) is 3.10. The van der Waals surface area contributed by atoms with Crippen molar-refractivity contribution in [1.82, 2.24) is 10.0 Å². The molecule has 0 aliphatic rings. The minimum Gasteiger partial charge on any atom is -0.294 e. The van der Waals surface area contributed by atoms with E-state index in [1.807, 2.05) is 13.8 Å². The number of rotatable bonds is 5. The first-order chi connectivity index (χ1) is 7.50. The number of hydrogen-bond donors (Lipinski definition) is 1. The van der Waals surface area contributed by atoms with Crippen LogP contribution in [0, 0.1) is 12.8 Å². The van der Waals surface area contributed by atoms with Gasteiger partial charge in [0.1, 0.15) is 6.54 Å². The van der Waals surface area contributed by atoms with Crippen LogP contribution in [0.25, 0.3) is 0 Å². The molecule has 0 aromatic carbocycles. The van der Waals surface area contributed by atoms with Crippen molar-refractivity contribution in [2.75, 3.05) is 6.61 Å². The van der Waals surface area contributed by atoms with Gasteiger partial charge >= 0.3 is 4.87 Å². The van der Waals surface area contributed by atoms with Crippen molar-refractivity contribution in [2.45, 2.75) is 27.3 Å². The van der Waals surface area contributed by atoms with Crippen molar-refractivity contribution >= 4 is 17.2 Å². The number of aryl methyl sites for hydroxylation is 1. The molecule has 0 fully saturated rings. The first kappa shape index (κ1) is 12.9. The number of nitrogens with one attached hydrogen (secondary N) is 1.